The van der Waals surface area contributed by atoms with Crippen molar-refractivity contribution in [1.82, 2.24) is 20.0 Å². The molecular weight excluding hydrogens is 332 g/mol. The van der Waals surface area contributed by atoms with Crippen LogP contribution in [0.2, 0.25) is 0 Å². The van der Waals surface area contributed by atoms with Crippen LogP contribution in [-0.2, 0) is 16.1 Å². The Morgan fingerprint density at radius 3 is 2.62 bits per heavy atom. The van der Waals surface area contributed by atoms with Crippen molar-refractivity contribution in [2.45, 2.75) is 72.6 Å². The fourth-order valence-corrected chi connectivity index (χ4v) is 3.34. The molecular formula is C19H32N4O3. The van der Waals surface area contributed by atoms with Crippen LogP contribution in [0.15, 0.2) is 6.07 Å². The molecule has 1 fully saturated rings. The van der Waals surface area contributed by atoms with Crippen molar-refractivity contribution in [3.63, 3.8) is 0 Å². The average Bonchev–Trinajstić information content (AvgIpc) is 3.04. The Morgan fingerprint density at radius 1 is 1.35 bits per heavy atom. The third-order valence-electron chi connectivity index (χ3n) is 4.67. The van der Waals surface area contributed by atoms with Gasteiger partial charge in [-0.15, -0.1) is 0 Å². The first-order valence-corrected chi connectivity index (χ1v) is 9.37. The predicted octanol–water partition coefficient (Wildman–Crippen LogP) is 2.65. The van der Waals surface area contributed by atoms with Gasteiger partial charge in [0.2, 0.25) is 5.91 Å². The highest BCUT2D eigenvalue weighted by atomic mass is 16.6. The van der Waals surface area contributed by atoms with Gasteiger partial charge in [0.05, 0.1) is 11.6 Å². The number of likely N-dealkylation sites (tertiary alicyclic amines) is 1. The maximum Gasteiger partial charge on any atom is 0.410 e. The number of aromatic nitrogens is 2. The molecule has 1 N–H and O–H groups in total. The van der Waals surface area contributed by atoms with Crippen molar-refractivity contribution in [2.75, 3.05) is 13.1 Å². The van der Waals surface area contributed by atoms with Crippen LogP contribution >= 0.6 is 0 Å². The van der Waals surface area contributed by atoms with E-state index in [1.165, 1.54) is 0 Å². The quantitative estimate of drug-likeness (QED) is 0.815. The lowest BCUT2D eigenvalue weighted by atomic mass is 10.0. The molecule has 2 atom stereocenters. The molecule has 0 unspecified atom stereocenters. The molecule has 2 amide bonds. The molecule has 26 heavy (non-hydrogen) atoms. The maximum absolute atomic E-state index is 12.5. The van der Waals surface area contributed by atoms with E-state index in [0.717, 1.165) is 24.4 Å². The van der Waals surface area contributed by atoms with E-state index in [1.54, 1.807) is 4.90 Å². The number of carbonyl (C=O) groups excluding carboxylic acids is 2. The zero-order chi connectivity index (χ0) is 19.5. The minimum atomic E-state index is -0.528. The van der Waals surface area contributed by atoms with Gasteiger partial charge in [0.1, 0.15) is 5.60 Å². The lowest BCUT2D eigenvalue weighted by Gasteiger charge is -2.28. The SMILES string of the molecule is Cc1cc(C)n(CCCNC(=O)[C@H]2CCN(C(=O)OC(C)(C)C)[C@H]2C)n1. The van der Waals surface area contributed by atoms with Gasteiger partial charge in [-0.05, 0) is 60.5 Å². The van der Waals surface area contributed by atoms with Gasteiger partial charge in [-0.2, -0.15) is 5.10 Å². The Balaban J connectivity index is 1.77. The van der Waals surface area contributed by atoms with Crippen LogP contribution in [0.1, 0.15) is 51.9 Å². The zero-order valence-corrected chi connectivity index (χ0v) is 16.8. The molecule has 0 aliphatic carbocycles. The molecule has 1 aliphatic heterocycles. The Kier molecular flexibility index (Phi) is 6.31. The Labute approximate surface area is 156 Å². The zero-order valence-electron chi connectivity index (χ0n) is 16.8. The number of hydrogen-bond donors (Lipinski definition) is 1. The molecule has 2 heterocycles. The van der Waals surface area contributed by atoms with Crippen LogP contribution < -0.4 is 5.32 Å². The molecule has 0 saturated carbocycles. The van der Waals surface area contributed by atoms with Crippen LogP contribution in [-0.4, -0.2) is 51.4 Å². The first kappa shape index (κ1) is 20.3. The number of rotatable bonds is 5. The molecule has 1 aliphatic rings. The van der Waals surface area contributed by atoms with Gasteiger partial charge in [0, 0.05) is 31.4 Å². The van der Waals surface area contributed by atoms with Crippen LogP contribution in [0.25, 0.3) is 0 Å². The van der Waals surface area contributed by atoms with E-state index in [-0.39, 0.29) is 24.0 Å². The van der Waals surface area contributed by atoms with Gasteiger partial charge in [-0.1, -0.05) is 0 Å². The molecule has 0 aromatic carbocycles. The van der Waals surface area contributed by atoms with Crippen LogP contribution in [0.3, 0.4) is 0 Å². The highest BCUT2D eigenvalue weighted by molar-refractivity contribution is 5.81. The summed E-state index contributed by atoms with van der Waals surface area (Å²) < 4.78 is 7.39. The number of carbonyl (C=O) groups is 2. The number of amides is 2. The predicted molar refractivity (Wildman–Crippen MR) is 99.8 cm³/mol. The Bertz CT molecular complexity index is 648. The minimum absolute atomic E-state index is 0.0110. The summed E-state index contributed by atoms with van der Waals surface area (Å²) in [5, 5.41) is 7.42. The van der Waals surface area contributed by atoms with Gasteiger partial charge in [0.15, 0.2) is 0 Å². The van der Waals surface area contributed by atoms with E-state index in [2.05, 4.69) is 10.4 Å². The van der Waals surface area contributed by atoms with Gasteiger partial charge >= 0.3 is 6.09 Å². The molecule has 2 rings (SSSR count). The summed E-state index contributed by atoms with van der Waals surface area (Å²) in [5.74, 6) is -0.173. The van der Waals surface area contributed by atoms with Gasteiger partial charge < -0.3 is 15.0 Å². The summed E-state index contributed by atoms with van der Waals surface area (Å²) in [6.45, 7) is 13.4. The minimum Gasteiger partial charge on any atom is -0.444 e. The summed E-state index contributed by atoms with van der Waals surface area (Å²) in [6.07, 6.45) is 1.15. The monoisotopic (exact) mass is 364 g/mol. The van der Waals surface area contributed by atoms with Crippen molar-refractivity contribution in [2.24, 2.45) is 5.92 Å². The van der Waals surface area contributed by atoms with Gasteiger partial charge in [-0.25, -0.2) is 4.79 Å². The second-order valence-corrected chi connectivity index (χ2v) is 8.10. The highest BCUT2D eigenvalue weighted by Gasteiger charge is 2.39. The third kappa shape index (κ3) is 5.22. The van der Waals surface area contributed by atoms with Crippen molar-refractivity contribution in [3.05, 3.63) is 17.5 Å². The van der Waals surface area contributed by atoms with Crippen LogP contribution in [0.5, 0.6) is 0 Å². The van der Waals surface area contributed by atoms with E-state index >= 15 is 0 Å². The molecule has 1 aromatic rings. The summed E-state index contributed by atoms with van der Waals surface area (Å²) in [6, 6.07) is 1.89. The average molecular weight is 364 g/mol. The first-order valence-electron chi connectivity index (χ1n) is 9.37. The topological polar surface area (TPSA) is 76.5 Å². The summed E-state index contributed by atoms with van der Waals surface area (Å²) in [5.41, 5.74) is 1.61. The smallest absolute Gasteiger partial charge is 0.410 e. The lowest BCUT2D eigenvalue weighted by molar-refractivity contribution is -0.125. The standard InChI is InChI=1S/C19H32N4O3/c1-13-12-14(2)23(21-13)10-7-9-20-17(24)16-8-11-22(15(16)3)18(25)26-19(4,5)6/h12,15-16H,7-11H2,1-6H3,(H,20,24)/t15-,16-/m0/s1. The summed E-state index contributed by atoms with van der Waals surface area (Å²) in [4.78, 5) is 26.4. The second kappa shape index (κ2) is 8.10. The van der Waals surface area contributed by atoms with Gasteiger partial charge in [-0.3, -0.25) is 9.48 Å². The number of nitrogens with zero attached hydrogens (tertiary/aromatic N) is 3. The van der Waals surface area contributed by atoms with E-state index in [9.17, 15) is 9.59 Å². The van der Waals surface area contributed by atoms with Gasteiger partial charge in [0.25, 0.3) is 0 Å². The Morgan fingerprint density at radius 2 is 2.04 bits per heavy atom. The normalized spacial score (nSPS) is 20.3. The highest BCUT2D eigenvalue weighted by Crippen LogP contribution is 2.26. The third-order valence-corrected chi connectivity index (χ3v) is 4.67. The number of aryl methyl sites for hydroxylation is 3. The summed E-state index contributed by atoms with van der Waals surface area (Å²) in [7, 11) is 0. The molecule has 0 spiro atoms. The van der Waals surface area contributed by atoms with Crippen molar-refractivity contribution < 1.29 is 14.3 Å². The molecule has 146 valence electrons. The van der Waals surface area contributed by atoms with Crippen molar-refractivity contribution >= 4 is 12.0 Å². The summed E-state index contributed by atoms with van der Waals surface area (Å²) >= 11 is 0. The molecule has 7 heteroatoms. The van der Waals surface area contributed by atoms with Crippen LogP contribution in [0.4, 0.5) is 4.79 Å². The van der Waals surface area contributed by atoms with Crippen LogP contribution in [0, 0.1) is 19.8 Å². The largest absolute Gasteiger partial charge is 0.444 e. The van der Waals surface area contributed by atoms with E-state index in [1.807, 2.05) is 52.3 Å². The van der Waals surface area contributed by atoms with Crippen molar-refractivity contribution in [3.8, 4) is 0 Å². The van der Waals surface area contributed by atoms with E-state index < -0.39 is 5.60 Å². The molecule has 7 nitrogen and oxygen atoms in total. The Hall–Kier alpha value is -2.05. The first-order chi connectivity index (χ1) is 12.1. The molecule has 0 radical (unpaired) electrons. The molecule has 1 saturated heterocycles. The lowest BCUT2D eigenvalue weighted by Crippen LogP contribution is -2.43. The van der Waals surface area contributed by atoms with E-state index in [0.29, 0.717) is 19.5 Å². The number of ether oxygens (including phenoxy) is 1. The second-order valence-electron chi connectivity index (χ2n) is 8.10. The number of hydrogen-bond acceptors (Lipinski definition) is 4. The number of nitrogens with one attached hydrogen (secondary N) is 1. The fraction of sp³-hybridized carbons (Fsp3) is 0.737. The fourth-order valence-electron chi connectivity index (χ4n) is 3.34. The maximum atomic E-state index is 12.5. The molecule has 0 bridgehead atoms. The molecule has 1 aromatic heterocycles. The van der Waals surface area contributed by atoms with Crippen molar-refractivity contribution in [1.29, 1.82) is 0 Å². The van der Waals surface area contributed by atoms with E-state index in [4.69, 9.17) is 4.74 Å².